The molecule has 31 heavy (non-hydrogen) atoms. The van der Waals surface area contributed by atoms with Crippen LogP contribution >= 0.6 is 0 Å². The summed E-state index contributed by atoms with van der Waals surface area (Å²) in [5.41, 5.74) is 4.57. The summed E-state index contributed by atoms with van der Waals surface area (Å²) >= 11 is 0. The second-order valence-corrected chi connectivity index (χ2v) is 7.03. The second kappa shape index (κ2) is 9.47. The zero-order valence-electron chi connectivity index (χ0n) is 18.7. The number of rotatable bonds is 9. The molecule has 162 valence electrons. The Balaban J connectivity index is 2.02. The molecule has 0 radical (unpaired) electrons. The van der Waals surface area contributed by atoms with Gasteiger partial charge in [0.25, 0.3) is 0 Å². The standard InChI is InChI=1S/C24H28N4O3/c1-8-9-20-27-23(25-4)21-15(3)17(13-26-24(21)28-20)10-14(2)16-11-18(29-5)22(31-7)19(12-16)30-6/h8,11-13H,1-2,9-10H2,3-7H3,(H,25,26,27,28). The summed E-state index contributed by atoms with van der Waals surface area (Å²) in [5, 5.41) is 4.08. The van der Waals surface area contributed by atoms with Gasteiger partial charge < -0.3 is 19.5 Å². The van der Waals surface area contributed by atoms with E-state index in [0.29, 0.717) is 41.6 Å². The minimum Gasteiger partial charge on any atom is -0.493 e. The lowest BCUT2D eigenvalue weighted by molar-refractivity contribution is 0.324. The summed E-state index contributed by atoms with van der Waals surface area (Å²) in [6, 6.07) is 3.80. The van der Waals surface area contributed by atoms with Crippen LogP contribution in [0, 0.1) is 6.92 Å². The molecular formula is C24H28N4O3. The molecule has 0 fully saturated rings. The van der Waals surface area contributed by atoms with Crippen molar-refractivity contribution in [3.05, 3.63) is 60.1 Å². The minimum atomic E-state index is 0.552. The van der Waals surface area contributed by atoms with E-state index in [-0.39, 0.29) is 0 Å². The predicted molar refractivity (Wildman–Crippen MR) is 124 cm³/mol. The normalized spacial score (nSPS) is 10.6. The highest BCUT2D eigenvalue weighted by molar-refractivity contribution is 5.90. The predicted octanol–water partition coefficient (Wildman–Crippen LogP) is 4.39. The average Bonchev–Trinajstić information content (AvgIpc) is 2.79. The summed E-state index contributed by atoms with van der Waals surface area (Å²) in [5.74, 6) is 3.18. The molecule has 0 bridgehead atoms. The zero-order valence-corrected chi connectivity index (χ0v) is 18.7. The van der Waals surface area contributed by atoms with Gasteiger partial charge in [0.2, 0.25) is 5.75 Å². The molecule has 1 aromatic carbocycles. The number of hydrogen-bond acceptors (Lipinski definition) is 7. The lowest BCUT2D eigenvalue weighted by Crippen LogP contribution is -2.05. The van der Waals surface area contributed by atoms with E-state index in [1.54, 1.807) is 27.4 Å². The van der Waals surface area contributed by atoms with E-state index in [9.17, 15) is 0 Å². The third-order valence-corrected chi connectivity index (χ3v) is 5.18. The molecule has 0 aliphatic heterocycles. The van der Waals surface area contributed by atoms with Crippen LogP contribution in [0.15, 0.2) is 37.6 Å². The van der Waals surface area contributed by atoms with E-state index in [0.717, 1.165) is 33.5 Å². The van der Waals surface area contributed by atoms with Crippen molar-refractivity contribution in [3.63, 3.8) is 0 Å². The Morgan fingerprint density at radius 1 is 1.10 bits per heavy atom. The number of ether oxygens (including phenoxy) is 3. The van der Waals surface area contributed by atoms with Gasteiger partial charge in [-0.3, -0.25) is 0 Å². The maximum absolute atomic E-state index is 5.47. The van der Waals surface area contributed by atoms with Gasteiger partial charge >= 0.3 is 0 Å². The van der Waals surface area contributed by atoms with Crippen LogP contribution in [0.2, 0.25) is 0 Å². The lowest BCUT2D eigenvalue weighted by atomic mass is 9.96. The number of aryl methyl sites for hydroxylation is 1. The molecule has 3 rings (SSSR count). The van der Waals surface area contributed by atoms with Gasteiger partial charge in [0.15, 0.2) is 17.1 Å². The fourth-order valence-electron chi connectivity index (χ4n) is 3.53. The van der Waals surface area contributed by atoms with Crippen LogP contribution in [0.3, 0.4) is 0 Å². The molecule has 2 heterocycles. The highest BCUT2D eigenvalue weighted by Crippen LogP contribution is 2.40. The molecule has 0 saturated heterocycles. The number of hydrogen-bond donors (Lipinski definition) is 1. The molecule has 2 aromatic heterocycles. The van der Waals surface area contributed by atoms with Crippen molar-refractivity contribution >= 4 is 22.4 Å². The Hall–Kier alpha value is -3.61. The molecule has 0 amide bonds. The highest BCUT2D eigenvalue weighted by atomic mass is 16.5. The van der Waals surface area contributed by atoms with Crippen LogP contribution in [0.5, 0.6) is 17.2 Å². The number of fused-ring (bicyclic) bond motifs is 1. The maximum Gasteiger partial charge on any atom is 0.203 e. The third kappa shape index (κ3) is 4.30. The van der Waals surface area contributed by atoms with Gasteiger partial charge in [0, 0.05) is 19.7 Å². The average molecular weight is 421 g/mol. The van der Waals surface area contributed by atoms with E-state index in [1.807, 2.05) is 25.4 Å². The van der Waals surface area contributed by atoms with Crippen LogP contribution in [0.4, 0.5) is 5.82 Å². The molecule has 0 unspecified atom stereocenters. The van der Waals surface area contributed by atoms with Gasteiger partial charge in [-0.05, 0) is 47.7 Å². The Bertz CT molecular complexity index is 1120. The molecule has 0 aliphatic carbocycles. The molecule has 0 saturated carbocycles. The monoisotopic (exact) mass is 420 g/mol. The fourth-order valence-corrected chi connectivity index (χ4v) is 3.53. The first-order valence-corrected chi connectivity index (χ1v) is 9.89. The Morgan fingerprint density at radius 3 is 2.32 bits per heavy atom. The highest BCUT2D eigenvalue weighted by Gasteiger charge is 2.17. The van der Waals surface area contributed by atoms with E-state index < -0.39 is 0 Å². The summed E-state index contributed by atoms with van der Waals surface area (Å²) in [4.78, 5) is 13.8. The van der Waals surface area contributed by atoms with Crippen molar-refractivity contribution < 1.29 is 14.2 Å². The first-order chi connectivity index (χ1) is 15.0. The van der Waals surface area contributed by atoms with Crippen LogP contribution in [-0.4, -0.2) is 43.3 Å². The molecule has 7 nitrogen and oxygen atoms in total. The van der Waals surface area contributed by atoms with Crippen molar-refractivity contribution in [2.75, 3.05) is 33.7 Å². The second-order valence-electron chi connectivity index (χ2n) is 7.03. The smallest absolute Gasteiger partial charge is 0.203 e. The maximum atomic E-state index is 5.47. The Labute approximate surface area is 182 Å². The lowest BCUT2D eigenvalue weighted by Gasteiger charge is -2.16. The van der Waals surface area contributed by atoms with Crippen molar-refractivity contribution in [1.82, 2.24) is 15.0 Å². The van der Waals surface area contributed by atoms with E-state index in [2.05, 4.69) is 40.4 Å². The molecule has 3 aromatic rings. The molecule has 0 aliphatic rings. The van der Waals surface area contributed by atoms with Crippen molar-refractivity contribution in [2.45, 2.75) is 19.8 Å². The molecule has 0 atom stereocenters. The van der Waals surface area contributed by atoms with Crippen molar-refractivity contribution in [1.29, 1.82) is 0 Å². The summed E-state index contributed by atoms with van der Waals surface area (Å²) in [6.45, 7) is 10.1. The summed E-state index contributed by atoms with van der Waals surface area (Å²) in [7, 11) is 6.63. The number of allylic oxidation sites excluding steroid dienone is 2. The van der Waals surface area contributed by atoms with Crippen LogP contribution in [0.25, 0.3) is 16.6 Å². The van der Waals surface area contributed by atoms with Gasteiger partial charge in [0.05, 0.1) is 26.7 Å². The largest absolute Gasteiger partial charge is 0.493 e. The molecular weight excluding hydrogens is 392 g/mol. The Morgan fingerprint density at radius 2 is 1.77 bits per heavy atom. The first-order valence-electron chi connectivity index (χ1n) is 9.89. The quantitative estimate of drug-likeness (QED) is 0.515. The topological polar surface area (TPSA) is 78.4 Å². The first kappa shape index (κ1) is 22.1. The zero-order chi connectivity index (χ0) is 22.5. The number of pyridine rings is 1. The molecule has 0 spiro atoms. The van der Waals surface area contributed by atoms with Crippen molar-refractivity contribution in [2.24, 2.45) is 0 Å². The third-order valence-electron chi connectivity index (χ3n) is 5.18. The number of benzene rings is 1. The van der Waals surface area contributed by atoms with Crippen molar-refractivity contribution in [3.8, 4) is 17.2 Å². The van der Waals surface area contributed by atoms with Crippen LogP contribution < -0.4 is 19.5 Å². The number of nitrogens with zero attached hydrogens (tertiary/aromatic N) is 3. The molecule has 1 N–H and O–H groups in total. The van der Waals surface area contributed by atoms with Crippen LogP contribution in [-0.2, 0) is 12.8 Å². The van der Waals surface area contributed by atoms with Gasteiger partial charge in [-0.25, -0.2) is 15.0 Å². The Kier molecular flexibility index (Phi) is 6.74. The SMILES string of the molecule is C=CCc1nc(NC)c2c(C)c(CC(=C)c3cc(OC)c(OC)c(OC)c3)cnc2n1. The van der Waals surface area contributed by atoms with Gasteiger partial charge in [-0.2, -0.15) is 0 Å². The number of nitrogens with one attached hydrogen (secondary N) is 1. The fraction of sp³-hybridized carbons (Fsp3) is 0.292. The van der Waals surface area contributed by atoms with Gasteiger partial charge in [-0.1, -0.05) is 12.7 Å². The number of aromatic nitrogens is 3. The summed E-state index contributed by atoms with van der Waals surface area (Å²) < 4.78 is 16.4. The van der Waals surface area contributed by atoms with E-state index >= 15 is 0 Å². The van der Waals surface area contributed by atoms with Gasteiger partial charge in [-0.15, -0.1) is 6.58 Å². The summed E-state index contributed by atoms with van der Waals surface area (Å²) in [6.07, 6.45) is 4.82. The minimum absolute atomic E-state index is 0.552. The van der Waals surface area contributed by atoms with Gasteiger partial charge in [0.1, 0.15) is 11.6 Å². The number of methoxy groups -OCH3 is 3. The van der Waals surface area contributed by atoms with Crippen LogP contribution in [0.1, 0.15) is 22.5 Å². The van der Waals surface area contributed by atoms with E-state index in [4.69, 9.17) is 14.2 Å². The van der Waals surface area contributed by atoms with E-state index in [1.165, 1.54) is 0 Å². The number of anilines is 1. The molecule has 7 heteroatoms.